The Hall–Kier alpha value is -1.03. The monoisotopic (exact) mass is 292 g/mol. The molecular weight excluding hydrogens is 272 g/mol. The Morgan fingerprint density at radius 1 is 1.25 bits per heavy atom. The van der Waals surface area contributed by atoms with Crippen molar-refractivity contribution >= 4 is 5.97 Å². The van der Waals surface area contributed by atoms with E-state index in [0.29, 0.717) is 0 Å². The number of rotatable bonds is 6. The van der Waals surface area contributed by atoms with Gasteiger partial charge < -0.3 is 34.6 Å². The minimum absolute atomic E-state index is 0.0961. The molecule has 0 saturated carbocycles. The zero-order chi connectivity index (χ0) is 15.3. The largest absolute Gasteiger partial charge is 0.460 e. The lowest BCUT2D eigenvalue weighted by molar-refractivity contribution is -0.297. The molecule has 5 atom stereocenters. The van der Waals surface area contributed by atoms with Crippen molar-refractivity contribution in [3.05, 3.63) is 12.2 Å². The summed E-state index contributed by atoms with van der Waals surface area (Å²) >= 11 is 0. The summed E-state index contributed by atoms with van der Waals surface area (Å²) in [5.74, 6) is -0.574. The van der Waals surface area contributed by atoms with E-state index < -0.39 is 43.3 Å². The number of carbonyl (C=O) groups excluding carboxylic acids is 1. The fourth-order valence-corrected chi connectivity index (χ4v) is 1.69. The van der Waals surface area contributed by atoms with Crippen molar-refractivity contribution in [3.63, 3.8) is 0 Å². The molecule has 20 heavy (non-hydrogen) atoms. The lowest BCUT2D eigenvalue weighted by Crippen LogP contribution is -2.59. The molecule has 0 unspecified atom stereocenters. The summed E-state index contributed by atoms with van der Waals surface area (Å²) in [6, 6.07) is 0. The SMILES string of the molecule is C=C(C)C(=O)OCCO[C@@H]1[C@@H](O)[C@H](O)[C@@H](CO)O[C@@H]1O. The van der Waals surface area contributed by atoms with Crippen LogP contribution in [0, 0.1) is 0 Å². The number of hydrogen-bond acceptors (Lipinski definition) is 8. The third-order valence-electron chi connectivity index (χ3n) is 2.82. The number of hydrogen-bond donors (Lipinski definition) is 4. The molecule has 1 aliphatic heterocycles. The maximum atomic E-state index is 11.1. The Balaban J connectivity index is 2.39. The normalized spacial score (nSPS) is 33.8. The second-order valence-electron chi connectivity index (χ2n) is 4.48. The zero-order valence-electron chi connectivity index (χ0n) is 11.1. The second kappa shape index (κ2) is 7.67. The molecule has 0 bridgehead atoms. The molecule has 0 aromatic heterocycles. The Labute approximate surface area is 116 Å². The fourth-order valence-electron chi connectivity index (χ4n) is 1.69. The topological polar surface area (TPSA) is 126 Å². The van der Waals surface area contributed by atoms with Gasteiger partial charge in [-0.2, -0.15) is 0 Å². The van der Waals surface area contributed by atoms with Crippen LogP contribution in [-0.2, 0) is 19.0 Å². The summed E-state index contributed by atoms with van der Waals surface area (Å²) in [6.45, 7) is 4.16. The predicted molar refractivity (Wildman–Crippen MR) is 65.5 cm³/mol. The van der Waals surface area contributed by atoms with Gasteiger partial charge >= 0.3 is 5.97 Å². The molecular formula is C12H20O8. The number of ether oxygens (including phenoxy) is 3. The van der Waals surface area contributed by atoms with Gasteiger partial charge in [0.1, 0.15) is 31.0 Å². The first-order valence-electron chi connectivity index (χ1n) is 6.13. The molecule has 1 saturated heterocycles. The van der Waals surface area contributed by atoms with E-state index in [1.54, 1.807) is 0 Å². The van der Waals surface area contributed by atoms with Gasteiger partial charge in [-0.25, -0.2) is 4.79 Å². The third kappa shape index (κ3) is 4.23. The molecule has 1 rings (SSSR count). The van der Waals surface area contributed by atoms with Gasteiger partial charge in [-0.15, -0.1) is 0 Å². The van der Waals surface area contributed by atoms with Crippen molar-refractivity contribution in [1.29, 1.82) is 0 Å². The van der Waals surface area contributed by atoms with E-state index >= 15 is 0 Å². The summed E-state index contributed by atoms with van der Waals surface area (Å²) in [7, 11) is 0. The lowest BCUT2D eigenvalue weighted by atomic mass is 9.99. The summed E-state index contributed by atoms with van der Waals surface area (Å²) in [5, 5.41) is 37.9. The van der Waals surface area contributed by atoms with Crippen LogP contribution in [0.5, 0.6) is 0 Å². The third-order valence-corrected chi connectivity index (χ3v) is 2.82. The van der Waals surface area contributed by atoms with E-state index in [1.807, 2.05) is 0 Å². The Kier molecular flexibility index (Phi) is 6.53. The first-order chi connectivity index (χ1) is 9.38. The van der Waals surface area contributed by atoms with Crippen LogP contribution in [0.25, 0.3) is 0 Å². The van der Waals surface area contributed by atoms with Gasteiger partial charge in [0.15, 0.2) is 6.29 Å². The van der Waals surface area contributed by atoms with Crippen LogP contribution in [-0.4, -0.2) is 76.9 Å². The lowest BCUT2D eigenvalue weighted by Gasteiger charge is -2.39. The van der Waals surface area contributed by atoms with Crippen LogP contribution in [0.2, 0.25) is 0 Å². The van der Waals surface area contributed by atoms with Crippen LogP contribution in [0.15, 0.2) is 12.2 Å². The molecule has 116 valence electrons. The second-order valence-corrected chi connectivity index (χ2v) is 4.48. The van der Waals surface area contributed by atoms with E-state index in [-0.39, 0.29) is 18.8 Å². The van der Waals surface area contributed by atoms with Crippen LogP contribution in [0.3, 0.4) is 0 Å². The maximum Gasteiger partial charge on any atom is 0.333 e. The average molecular weight is 292 g/mol. The first-order valence-corrected chi connectivity index (χ1v) is 6.13. The van der Waals surface area contributed by atoms with Crippen LogP contribution >= 0.6 is 0 Å². The predicted octanol–water partition coefficient (Wildman–Crippen LogP) is -2.08. The summed E-state index contributed by atoms with van der Waals surface area (Å²) in [4.78, 5) is 11.1. The highest BCUT2D eigenvalue weighted by Crippen LogP contribution is 2.21. The molecule has 4 N–H and O–H groups in total. The summed E-state index contributed by atoms with van der Waals surface area (Å²) in [5.41, 5.74) is 0.243. The van der Waals surface area contributed by atoms with Crippen molar-refractivity contribution in [2.24, 2.45) is 0 Å². The van der Waals surface area contributed by atoms with Crippen molar-refractivity contribution in [2.45, 2.75) is 37.6 Å². The molecule has 0 aliphatic carbocycles. The summed E-state index contributed by atoms with van der Waals surface area (Å²) < 4.78 is 14.8. The van der Waals surface area contributed by atoms with E-state index in [0.717, 1.165) is 0 Å². The quantitative estimate of drug-likeness (QED) is 0.250. The highest BCUT2D eigenvalue weighted by atomic mass is 16.7. The van der Waals surface area contributed by atoms with E-state index in [1.165, 1.54) is 6.92 Å². The number of aliphatic hydroxyl groups is 4. The molecule has 8 nitrogen and oxygen atoms in total. The molecule has 0 amide bonds. The number of aliphatic hydroxyl groups excluding tert-OH is 4. The molecule has 0 radical (unpaired) electrons. The highest BCUT2D eigenvalue weighted by Gasteiger charge is 2.44. The maximum absolute atomic E-state index is 11.1. The molecule has 8 heteroatoms. The summed E-state index contributed by atoms with van der Waals surface area (Å²) in [6.07, 6.45) is -6.58. The van der Waals surface area contributed by atoms with Gasteiger partial charge in [-0.3, -0.25) is 0 Å². The molecule has 1 aliphatic rings. The molecule has 0 aromatic rings. The highest BCUT2D eigenvalue weighted by molar-refractivity contribution is 5.86. The smallest absolute Gasteiger partial charge is 0.333 e. The van der Waals surface area contributed by atoms with Gasteiger partial charge in [0.05, 0.1) is 13.2 Å². The Morgan fingerprint density at radius 3 is 2.45 bits per heavy atom. The van der Waals surface area contributed by atoms with Crippen LogP contribution in [0.4, 0.5) is 0 Å². The van der Waals surface area contributed by atoms with Crippen LogP contribution in [0.1, 0.15) is 6.92 Å². The van der Waals surface area contributed by atoms with Gasteiger partial charge in [-0.05, 0) is 6.92 Å². The van der Waals surface area contributed by atoms with E-state index in [2.05, 4.69) is 6.58 Å². The number of carbonyl (C=O) groups is 1. The Morgan fingerprint density at radius 2 is 1.90 bits per heavy atom. The zero-order valence-corrected chi connectivity index (χ0v) is 11.1. The van der Waals surface area contributed by atoms with Crippen molar-refractivity contribution in [2.75, 3.05) is 19.8 Å². The molecule has 1 heterocycles. The fraction of sp³-hybridized carbons (Fsp3) is 0.750. The van der Waals surface area contributed by atoms with Gasteiger partial charge in [0.25, 0.3) is 0 Å². The molecule has 0 spiro atoms. The molecule has 1 fully saturated rings. The van der Waals surface area contributed by atoms with Gasteiger partial charge in [0, 0.05) is 5.57 Å². The van der Waals surface area contributed by atoms with Gasteiger partial charge in [0.2, 0.25) is 0 Å². The van der Waals surface area contributed by atoms with E-state index in [4.69, 9.17) is 19.3 Å². The van der Waals surface area contributed by atoms with Gasteiger partial charge in [-0.1, -0.05) is 6.58 Å². The standard InChI is InChI=1S/C12H20O8/c1-6(2)11(16)19-4-3-18-10-9(15)8(14)7(5-13)20-12(10)17/h7-10,12-15,17H,1,3-5H2,2H3/t7-,8-,9+,10-,12+/m1/s1. The van der Waals surface area contributed by atoms with Crippen molar-refractivity contribution in [1.82, 2.24) is 0 Å². The van der Waals surface area contributed by atoms with Crippen molar-refractivity contribution < 1.29 is 39.4 Å². The first kappa shape index (κ1) is 17.0. The number of esters is 1. The van der Waals surface area contributed by atoms with Crippen LogP contribution < -0.4 is 0 Å². The van der Waals surface area contributed by atoms with E-state index in [9.17, 15) is 20.1 Å². The molecule has 0 aromatic carbocycles. The van der Waals surface area contributed by atoms with Crippen molar-refractivity contribution in [3.8, 4) is 0 Å². The minimum Gasteiger partial charge on any atom is -0.460 e. The minimum atomic E-state index is -1.50. The Bertz CT molecular complexity index is 344. The average Bonchev–Trinajstić information content (AvgIpc) is 2.41.